The molecule has 4 rings (SSSR count). The molecule has 1 fully saturated rings. The number of hydrogen-bond donors (Lipinski definition) is 1. The average molecular weight is 406 g/mol. The SMILES string of the molecule is Cc1cc(C2C(c3ccccn3)NC(=S)N2Cc2cccnc2)c(C)n1C(C)C. The lowest BCUT2D eigenvalue weighted by Gasteiger charge is -2.28. The second-order valence-electron chi connectivity index (χ2n) is 7.91. The largest absolute Gasteiger partial charge is 0.352 e. The van der Waals surface area contributed by atoms with E-state index >= 15 is 0 Å². The summed E-state index contributed by atoms with van der Waals surface area (Å²) < 4.78 is 2.40. The highest BCUT2D eigenvalue weighted by Crippen LogP contribution is 2.42. The first-order valence-corrected chi connectivity index (χ1v) is 10.4. The maximum absolute atomic E-state index is 5.79. The van der Waals surface area contributed by atoms with Gasteiger partial charge >= 0.3 is 0 Å². The van der Waals surface area contributed by atoms with Crippen LogP contribution < -0.4 is 5.32 Å². The van der Waals surface area contributed by atoms with Crippen LogP contribution in [0.5, 0.6) is 0 Å². The van der Waals surface area contributed by atoms with Gasteiger partial charge < -0.3 is 14.8 Å². The Balaban J connectivity index is 1.81. The van der Waals surface area contributed by atoms with Crippen LogP contribution in [-0.4, -0.2) is 24.5 Å². The van der Waals surface area contributed by atoms with Crippen molar-refractivity contribution in [3.05, 3.63) is 83.2 Å². The van der Waals surface area contributed by atoms with Gasteiger partial charge in [-0.3, -0.25) is 9.97 Å². The lowest BCUT2D eigenvalue weighted by Crippen LogP contribution is -2.29. The minimum atomic E-state index is 0.00137. The predicted molar refractivity (Wildman–Crippen MR) is 120 cm³/mol. The molecule has 150 valence electrons. The summed E-state index contributed by atoms with van der Waals surface area (Å²) in [6.45, 7) is 9.55. The monoisotopic (exact) mass is 405 g/mol. The molecule has 0 spiro atoms. The lowest BCUT2D eigenvalue weighted by molar-refractivity contribution is 0.309. The Labute approximate surface area is 177 Å². The van der Waals surface area contributed by atoms with Crippen LogP contribution in [0.1, 0.15) is 60.2 Å². The smallest absolute Gasteiger partial charge is 0.170 e. The van der Waals surface area contributed by atoms with Crippen LogP contribution in [0, 0.1) is 13.8 Å². The van der Waals surface area contributed by atoms with E-state index in [0.717, 1.165) is 16.4 Å². The molecule has 0 amide bonds. The Morgan fingerprint density at radius 1 is 1.14 bits per heavy atom. The van der Waals surface area contributed by atoms with Gasteiger partial charge in [-0.1, -0.05) is 12.1 Å². The molecule has 2 unspecified atom stereocenters. The topological polar surface area (TPSA) is 46.0 Å². The van der Waals surface area contributed by atoms with Gasteiger partial charge in [-0.25, -0.2) is 0 Å². The predicted octanol–water partition coefficient (Wildman–Crippen LogP) is 4.65. The minimum absolute atomic E-state index is 0.00137. The fraction of sp³-hybridized carbons (Fsp3) is 0.348. The highest BCUT2D eigenvalue weighted by Gasteiger charge is 2.41. The Morgan fingerprint density at radius 3 is 2.59 bits per heavy atom. The van der Waals surface area contributed by atoms with Crippen LogP contribution in [0.25, 0.3) is 0 Å². The summed E-state index contributed by atoms with van der Waals surface area (Å²) in [7, 11) is 0. The summed E-state index contributed by atoms with van der Waals surface area (Å²) in [5.41, 5.74) is 5.99. The molecule has 0 bridgehead atoms. The Bertz CT molecular complexity index is 997. The van der Waals surface area contributed by atoms with Crippen molar-refractivity contribution in [1.82, 2.24) is 24.8 Å². The number of aryl methyl sites for hydroxylation is 1. The van der Waals surface area contributed by atoms with E-state index < -0.39 is 0 Å². The molecule has 0 aliphatic carbocycles. The fourth-order valence-electron chi connectivity index (χ4n) is 4.50. The summed E-state index contributed by atoms with van der Waals surface area (Å²) >= 11 is 5.79. The van der Waals surface area contributed by atoms with Gasteiger partial charge in [0.15, 0.2) is 5.11 Å². The van der Waals surface area contributed by atoms with E-state index in [4.69, 9.17) is 12.2 Å². The molecule has 29 heavy (non-hydrogen) atoms. The molecule has 4 heterocycles. The first-order valence-electron chi connectivity index (χ1n) is 10.0. The molecule has 1 N–H and O–H groups in total. The lowest BCUT2D eigenvalue weighted by atomic mass is 9.96. The molecule has 3 aromatic heterocycles. The number of nitrogens with one attached hydrogen (secondary N) is 1. The zero-order chi connectivity index (χ0) is 20.5. The summed E-state index contributed by atoms with van der Waals surface area (Å²) in [5, 5.41) is 4.29. The normalized spacial score (nSPS) is 19.1. The van der Waals surface area contributed by atoms with E-state index in [9.17, 15) is 0 Å². The molecule has 3 aromatic rings. The van der Waals surface area contributed by atoms with Gasteiger partial charge in [-0.15, -0.1) is 0 Å². The zero-order valence-electron chi connectivity index (χ0n) is 17.3. The van der Waals surface area contributed by atoms with Crippen molar-refractivity contribution in [3.63, 3.8) is 0 Å². The van der Waals surface area contributed by atoms with E-state index in [1.54, 1.807) is 6.20 Å². The van der Waals surface area contributed by atoms with Gasteiger partial charge in [0.05, 0.1) is 17.8 Å². The number of hydrogen-bond acceptors (Lipinski definition) is 3. The van der Waals surface area contributed by atoms with Gasteiger partial charge in [0.1, 0.15) is 0 Å². The van der Waals surface area contributed by atoms with Crippen molar-refractivity contribution in [2.45, 2.75) is 52.4 Å². The van der Waals surface area contributed by atoms with Gasteiger partial charge in [0.25, 0.3) is 0 Å². The molecule has 2 atom stereocenters. The van der Waals surface area contributed by atoms with Crippen LogP contribution in [0.15, 0.2) is 55.0 Å². The second kappa shape index (κ2) is 7.95. The number of nitrogens with zero attached hydrogens (tertiary/aromatic N) is 4. The van der Waals surface area contributed by atoms with Crippen molar-refractivity contribution in [2.24, 2.45) is 0 Å². The van der Waals surface area contributed by atoms with Crippen LogP contribution in [-0.2, 0) is 6.54 Å². The van der Waals surface area contributed by atoms with Gasteiger partial charge in [0, 0.05) is 42.6 Å². The van der Waals surface area contributed by atoms with Gasteiger partial charge in [-0.2, -0.15) is 0 Å². The average Bonchev–Trinajstić information content (AvgIpc) is 3.19. The molecule has 0 aromatic carbocycles. The Kier molecular flexibility index (Phi) is 5.37. The number of pyridine rings is 2. The van der Waals surface area contributed by atoms with Crippen molar-refractivity contribution in [2.75, 3.05) is 0 Å². The van der Waals surface area contributed by atoms with Gasteiger partial charge in [0.2, 0.25) is 0 Å². The molecule has 0 saturated carbocycles. The van der Waals surface area contributed by atoms with Crippen molar-refractivity contribution >= 4 is 17.3 Å². The van der Waals surface area contributed by atoms with Crippen LogP contribution >= 0.6 is 12.2 Å². The van der Waals surface area contributed by atoms with Crippen molar-refractivity contribution in [1.29, 1.82) is 0 Å². The van der Waals surface area contributed by atoms with E-state index in [1.807, 2.05) is 30.6 Å². The third-order valence-electron chi connectivity index (χ3n) is 5.63. The summed E-state index contributed by atoms with van der Waals surface area (Å²) in [4.78, 5) is 11.2. The Hall–Kier alpha value is -2.73. The summed E-state index contributed by atoms with van der Waals surface area (Å²) in [6, 6.07) is 12.9. The number of aromatic nitrogens is 3. The van der Waals surface area contributed by atoms with E-state index in [1.165, 1.54) is 17.0 Å². The first kappa shape index (κ1) is 19.6. The quantitative estimate of drug-likeness (QED) is 0.626. The maximum atomic E-state index is 5.79. The molecular formula is C23H27N5S. The third-order valence-corrected chi connectivity index (χ3v) is 5.98. The molecule has 1 aliphatic rings. The van der Waals surface area contributed by atoms with Crippen LogP contribution in [0.2, 0.25) is 0 Å². The zero-order valence-corrected chi connectivity index (χ0v) is 18.1. The van der Waals surface area contributed by atoms with E-state index in [-0.39, 0.29) is 12.1 Å². The standard InChI is InChI=1S/C23H27N5S/c1-15(2)28-16(3)12-19(17(28)4)22-21(20-9-5-6-11-25-20)26-23(29)27(22)14-18-8-7-10-24-13-18/h5-13,15,21-22H,14H2,1-4H3,(H,26,29). The molecule has 1 aliphatic heterocycles. The fourth-order valence-corrected chi connectivity index (χ4v) is 4.80. The molecule has 5 nitrogen and oxygen atoms in total. The van der Waals surface area contributed by atoms with E-state index in [2.05, 4.69) is 70.6 Å². The molecule has 1 saturated heterocycles. The summed E-state index contributed by atoms with van der Waals surface area (Å²) in [5.74, 6) is 0. The molecule has 0 radical (unpaired) electrons. The molecular weight excluding hydrogens is 378 g/mol. The Morgan fingerprint density at radius 2 is 1.97 bits per heavy atom. The van der Waals surface area contributed by atoms with Crippen molar-refractivity contribution in [3.8, 4) is 0 Å². The van der Waals surface area contributed by atoms with E-state index in [0.29, 0.717) is 12.6 Å². The van der Waals surface area contributed by atoms with Crippen LogP contribution in [0.3, 0.4) is 0 Å². The second-order valence-corrected chi connectivity index (χ2v) is 8.29. The maximum Gasteiger partial charge on any atom is 0.170 e. The van der Waals surface area contributed by atoms with Crippen molar-refractivity contribution < 1.29 is 0 Å². The summed E-state index contributed by atoms with van der Waals surface area (Å²) in [6.07, 6.45) is 5.55. The highest BCUT2D eigenvalue weighted by atomic mass is 32.1. The first-order chi connectivity index (χ1) is 14.0. The number of thiocarbonyl (C=S) groups is 1. The highest BCUT2D eigenvalue weighted by molar-refractivity contribution is 7.80. The third kappa shape index (κ3) is 3.65. The minimum Gasteiger partial charge on any atom is -0.352 e. The van der Waals surface area contributed by atoms with Gasteiger partial charge in [-0.05, 0) is 75.3 Å². The molecule has 6 heteroatoms. The number of rotatable bonds is 5. The van der Waals surface area contributed by atoms with Crippen LogP contribution in [0.4, 0.5) is 0 Å².